The van der Waals surface area contributed by atoms with Gasteiger partial charge in [0.15, 0.2) is 0 Å². The van der Waals surface area contributed by atoms with Gasteiger partial charge in [-0.15, -0.1) is 0 Å². The Labute approximate surface area is 143 Å². The van der Waals surface area contributed by atoms with Gasteiger partial charge in [0, 0.05) is 18.2 Å². The molecule has 0 saturated carbocycles. The van der Waals surface area contributed by atoms with E-state index in [2.05, 4.69) is 10.6 Å². The molecule has 1 fully saturated rings. The highest BCUT2D eigenvalue weighted by Crippen LogP contribution is 2.31. The number of hydrogen-bond acceptors (Lipinski definition) is 3. The Morgan fingerprint density at radius 1 is 1.12 bits per heavy atom. The summed E-state index contributed by atoms with van der Waals surface area (Å²) in [5.74, 6) is 0.0366. The van der Waals surface area contributed by atoms with E-state index < -0.39 is 11.7 Å². The molecule has 0 unspecified atom stereocenters. The van der Waals surface area contributed by atoms with Crippen molar-refractivity contribution < 1.29 is 22.7 Å². The number of alkyl halides is 3. The predicted octanol–water partition coefficient (Wildman–Crippen LogP) is 3.83. The molecule has 132 valence electrons. The molecule has 0 spiro atoms. The largest absolute Gasteiger partial charge is 0.416 e. The summed E-state index contributed by atoms with van der Waals surface area (Å²) in [5.41, 5.74) is 0.344. The van der Waals surface area contributed by atoms with Crippen LogP contribution >= 0.6 is 0 Å². The Balaban J connectivity index is 1.75. The van der Waals surface area contributed by atoms with Crippen molar-refractivity contribution in [1.82, 2.24) is 5.32 Å². The minimum atomic E-state index is -4.42. The second-order valence-corrected chi connectivity index (χ2v) is 5.86. The van der Waals surface area contributed by atoms with Crippen molar-refractivity contribution in [3.63, 3.8) is 0 Å². The highest BCUT2D eigenvalue weighted by atomic mass is 19.4. The van der Waals surface area contributed by atoms with E-state index in [-0.39, 0.29) is 11.6 Å². The Morgan fingerprint density at radius 2 is 1.88 bits per heavy atom. The molecular weight excluding hydrogens is 333 g/mol. The van der Waals surface area contributed by atoms with Gasteiger partial charge in [-0.2, -0.15) is 13.2 Å². The summed E-state index contributed by atoms with van der Waals surface area (Å²) in [7, 11) is 0. The molecule has 1 aliphatic heterocycles. The topological polar surface area (TPSA) is 50.4 Å². The smallest absolute Gasteiger partial charge is 0.381 e. The van der Waals surface area contributed by atoms with Crippen LogP contribution in [0.15, 0.2) is 48.5 Å². The monoisotopic (exact) mass is 350 g/mol. The number of amides is 1. The molecule has 0 aromatic heterocycles. The van der Waals surface area contributed by atoms with Crippen molar-refractivity contribution in [2.24, 2.45) is 5.92 Å². The first-order chi connectivity index (χ1) is 11.9. The quantitative estimate of drug-likeness (QED) is 0.862. The lowest BCUT2D eigenvalue weighted by Gasteiger charge is -2.26. The van der Waals surface area contributed by atoms with Crippen molar-refractivity contribution in [3.05, 3.63) is 59.7 Å². The molecule has 1 amide bonds. The zero-order valence-corrected chi connectivity index (χ0v) is 13.3. The summed E-state index contributed by atoms with van der Waals surface area (Å²) < 4.78 is 43.5. The van der Waals surface area contributed by atoms with Crippen LogP contribution in [0.2, 0.25) is 0 Å². The molecule has 0 bridgehead atoms. The number of carbonyl (C=O) groups is 1. The normalized spacial score (nSPS) is 14.7. The fraction of sp³-hybridized carbons (Fsp3) is 0.278. The van der Waals surface area contributed by atoms with Gasteiger partial charge in [0.2, 0.25) is 0 Å². The van der Waals surface area contributed by atoms with Crippen LogP contribution in [-0.4, -0.2) is 25.7 Å². The lowest BCUT2D eigenvalue weighted by atomic mass is 10.1. The molecular formula is C18H17F3N2O2. The summed E-state index contributed by atoms with van der Waals surface area (Å²) in [4.78, 5) is 12.4. The molecule has 7 heteroatoms. The fourth-order valence-electron chi connectivity index (χ4n) is 2.45. The van der Waals surface area contributed by atoms with Crippen LogP contribution in [0.25, 0.3) is 0 Å². The van der Waals surface area contributed by atoms with Gasteiger partial charge in [-0.05, 0) is 30.3 Å². The summed E-state index contributed by atoms with van der Waals surface area (Å²) in [6.07, 6.45) is -4.42. The van der Waals surface area contributed by atoms with E-state index in [0.717, 1.165) is 12.1 Å². The Hall–Kier alpha value is -2.54. The molecule has 0 aliphatic carbocycles. The lowest BCUT2D eigenvalue weighted by Crippen LogP contribution is -2.39. The van der Waals surface area contributed by atoms with Crippen LogP contribution in [-0.2, 0) is 10.9 Å². The zero-order valence-electron chi connectivity index (χ0n) is 13.3. The number of anilines is 2. The summed E-state index contributed by atoms with van der Waals surface area (Å²) in [6.45, 7) is 1.77. The van der Waals surface area contributed by atoms with Crippen molar-refractivity contribution in [1.29, 1.82) is 0 Å². The van der Waals surface area contributed by atoms with Crippen LogP contribution in [0.5, 0.6) is 0 Å². The van der Waals surface area contributed by atoms with E-state index in [4.69, 9.17) is 4.74 Å². The van der Waals surface area contributed by atoms with Crippen LogP contribution < -0.4 is 10.6 Å². The van der Waals surface area contributed by atoms with Crippen molar-refractivity contribution in [2.45, 2.75) is 6.18 Å². The van der Waals surface area contributed by atoms with E-state index in [1.165, 1.54) is 12.1 Å². The molecule has 1 heterocycles. The first kappa shape index (κ1) is 17.3. The molecule has 1 saturated heterocycles. The number of nitrogens with one attached hydrogen (secondary N) is 2. The van der Waals surface area contributed by atoms with Crippen LogP contribution in [0.1, 0.15) is 15.9 Å². The van der Waals surface area contributed by atoms with Crippen molar-refractivity contribution >= 4 is 17.3 Å². The Bertz CT molecular complexity index is 758. The lowest BCUT2D eigenvalue weighted by molar-refractivity contribution is -0.137. The molecule has 2 N–H and O–H groups in total. The summed E-state index contributed by atoms with van der Waals surface area (Å²) in [5, 5.41) is 5.72. The summed E-state index contributed by atoms with van der Waals surface area (Å²) >= 11 is 0. The minimum absolute atomic E-state index is 0.266. The Morgan fingerprint density at radius 3 is 2.56 bits per heavy atom. The standard InChI is InChI=1S/C18H17F3N2O2/c19-18(20,21)13-4-3-5-14(8-13)23-16-7-2-1-6-15(16)17(24)22-9-12-10-25-11-12/h1-8,12,23H,9-11H2,(H,22,24). The molecule has 3 rings (SSSR count). The average molecular weight is 350 g/mol. The maximum absolute atomic E-state index is 12.8. The number of hydrogen-bond donors (Lipinski definition) is 2. The van der Waals surface area contributed by atoms with E-state index in [9.17, 15) is 18.0 Å². The zero-order chi connectivity index (χ0) is 17.9. The molecule has 1 aliphatic rings. The molecule has 4 nitrogen and oxygen atoms in total. The SMILES string of the molecule is O=C(NCC1COC1)c1ccccc1Nc1cccc(C(F)(F)F)c1. The first-order valence-corrected chi connectivity index (χ1v) is 7.83. The third-order valence-electron chi connectivity index (χ3n) is 3.90. The molecule has 2 aromatic rings. The molecule has 0 radical (unpaired) electrons. The van der Waals surface area contributed by atoms with E-state index >= 15 is 0 Å². The maximum Gasteiger partial charge on any atom is 0.416 e. The highest BCUT2D eigenvalue weighted by Gasteiger charge is 2.30. The predicted molar refractivity (Wildman–Crippen MR) is 87.8 cm³/mol. The van der Waals surface area contributed by atoms with Gasteiger partial charge in [-0.25, -0.2) is 0 Å². The molecule has 0 atom stereocenters. The first-order valence-electron chi connectivity index (χ1n) is 7.83. The van der Waals surface area contributed by atoms with Gasteiger partial charge >= 0.3 is 6.18 Å². The fourth-order valence-corrected chi connectivity index (χ4v) is 2.45. The van der Waals surface area contributed by atoms with Gasteiger partial charge in [0.1, 0.15) is 0 Å². The van der Waals surface area contributed by atoms with Gasteiger partial charge in [-0.3, -0.25) is 4.79 Å². The third kappa shape index (κ3) is 4.30. The number of benzene rings is 2. The highest BCUT2D eigenvalue weighted by molar-refractivity contribution is 6.00. The van der Waals surface area contributed by atoms with Crippen molar-refractivity contribution in [2.75, 3.05) is 25.1 Å². The second-order valence-electron chi connectivity index (χ2n) is 5.86. The average Bonchev–Trinajstić information content (AvgIpc) is 2.53. The van der Waals surface area contributed by atoms with Gasteiger partial charge in [-0.1, -0.05) is 18.2 Å². The van der Waals surface area contributed by atoms with Gasteiger partial charge in [0.25, 0.3) is 5.91 Å². The number of ether oxygens (including phenoxy) is 1. The maximum atomic E-state index is 12.8. The number of rotatable bonds is 5. The molecule has 2 aromatic carbocycles. The number of halogens is 3. The van der Waals surface area contributed by atoms with Crippen molar-refractivity contribution in [3.8, 4) is 0 Å². The summed E-state index contributed by atoms with van der Waals surface area (Å²) in [6, 6.07) is 11.6. The van der Waals surface area contributed by atoms with E-state index in [1.807, 2.05) is 0 Å². The van der Waals surface area contributed by atoms with Gasteiger partial charge < -0.3 is 15.4 Å². The Kier molecular flexibility index (Phi) is 4.94. The van der Waals surface area contributed by atoms with Crippen LogP contribution in [0, 0.1) is 5.92 Å². The van der Waals surface area contributed by atoms with Crippen LogP contribution in [0.4, 0.5) is 24.5 Å². The van der Waals surface area contributed by atoms with E-state index in [0.29, 0.717) is 36.9 Å². The number of para-hydroxylation sites is 1. The third-order valence-corrected chi connectivity index (χ3v) is 3.90. The second kappa shape index (κ2) is 7.14. The number of carbonyl (C=O) groups excluding carboxylic acids is 1. The minimum Gasteiger partial charge on any atom is -0.381 e. The van der Waals surface area contributed by atoms with E-state index in [1.54, 1.807) is 24.3 Å². The van der Waals surface area contributed by atoms with Crippen LogP contribution in [0.3, 0.4) is 0 Å². The van der Waals surface area contributed by atoms with Gasteiger partial charge in [0.05, 0.1) is 30.0 Å². The molecule has 25 heavy (non-hydrogen) atoms.